The van der Waals surface area contributed by atoms with Crippen LogP contribution < -0.4 is 5.73 Å². The largest absolute Gasteiger partial charge is 0.506 e. The predicted octanol–water partition coefficient (Wildman–Crippen LogP) is 2.15. The molecule has 1 aromatic rings. The molecule has 0 unspecified atom stereocenters. The Balaban J connectivity index is 0.000000671. The second kappa shape index (κ2) is 6.31. The molecule has 0 bridgehead atoms. The number of hydrogen-bond acceptors (Lipinski definition) is 3. The molecule has 0 spiro atoms. The van der Waals surface area contributed by atoms with Crippen LogP contribution in [0.4, 0.5) is 5.69 Å². The Morgan fingerprint density at radius 2 is 2.00 bits per heavy atom. The molecule has 3 nitrogen and oxygen atoms in total. The number of rotatable bonds is 2. The summed E-state index contributed by atoms with van der Waals surface area (Å²) >= 11 is 0. The molecule has 13 heavy (non-hydrogen) atoms. The van der Waals surface area contributed by atoms with Crippen molar-refractivity contribution in [1.29, 1.82) is 0 Å². The summed E-state index contributed by atoms with van der Waals surface area (Å²) in [6.45, 7) is 4.52. The molecule has 3 N–H and O–H groups in total. The van der Waals surface area contributed by atoms with Gasteiger partial charge in [0.1, 0.15) is 5.75 Å². The summed E-state index contributed by atoms with van der Waals surface area (Å²) in [5.74, 6) is 0.116. The summed E-state index contributed by atoms with van der Waals surface area (Å²) in [5, 5.41) is 9.05. The zero-order valence-electron chi connectivity index (χ0n) is 8.37. The third kappa shape index (κ3) is 3.80. The maximum Gasteiger partial charge on any atom is 0.138 e. The van der Waals surface area contributed by atoms with Gasteiger partial charge in [-0.3, -0.25) is 0 Å². The highest BCUT2D eigenvalue weighted by Gasteiger charge is 1.97. The van der Waals surface area contributed by atoms with E-state index in [0.717, 1.165) is 5.56 Å². The Morgan fingerprint density at radius 3 is 2.46 bits per heavy atom. The van der Waals surface area contributed by atoms with Crippen LogP contribution in [-0.4, -0.2) is 12.2 Å². The first-order valence-corrected chi connectivity index (χ1v) is 4.30. The van der Waals surface area contributed by atoms with Crippen molar-refractivity contribution >= 4 is 5.69 Å². The molecule has 0 saturated heterocycles. The third-order valence-electron chi connectivity index (χ3n) is 1.40. The van der Waals surface area contributed by atoms with Crippen LogP contribution in [0, 0.1) is 0 Å². The van der Waals surface area contributed by atoms with Gasteiger partial charge < -0.3 is 15.6 Å². The Kier molecular flexibility index (Phi) is 5.72. The van der Waals surface area contributed by atoms with E-state index < -0.39 is 0 Å². The summed E-state index contributed by atoms with van der Waals surface area (Å²) < 4.78 is 4.89. The van der Waals surface area contributed by atoms with Crippen LogP contribution in [0.3, 0.4) is 0 Å². The van der Waals surface area contributed by atoms with Crippen molar-refractivity contribution in [3.05, 3.63) is 23.8 Å². The van der Waals surface area contributed by atoms with E-state index in [0.29, 0.717) is 12.3 Å². The quantitative estimate of drug-likeness (QED) is 0.545. The van der Waals surface area contributed by atoms with Gasteiger partial charge in [0, 0.05) is 7.11 Å². The number of anilines is 1. The first-order valence-electron chi connectivity index (χ1n) is 4.30. The van der Waals surface area contributed by atoms with Crippen molar-refractivity contribution in [3.8, 4) is 5.75 Å². The molecule has 0 amide bonds. The van der Waals surface area contributed by atoms with Crippen molar-refractivity contribution in [1.82, 2.24) is 0 Å². The van der Waals surface area contributed by atoms with E-state index in [9.17, 15) is 0 Å². The molecule has 1 rings (SSSR count). The van der Waals surface area contributed by atoms with Gasteiger partial charge in [-0.25, -0.2) is 0 Å². The van der Waals surface area contributed by atoms with Crippen LogP contribution >= 0.6 is 0 Å². The highest BCUT2D eigenvalue weighted by molar-refractivity contribution is 5.53. The summed E-state index contributed by atoms with van der Waals surface area (Å²) in [6, 6.07) is 5.03. The van der Waals surface area contributed by atoms with Gasteiger partial charge in [-0.1, -0.05) is 19.9 Å². The van der Waals surface area contributed by atoms with Crippen LogP contribution in [0.25, 0.3) is 0 Å². The molecule has 3 heteroatoms. The molecule has 0 aliphatic carbocycles. The lowest BCUT2D eigenvalue weighted by Crippen LogP contribution is -1.91. The van der Waals surface area contributed by atoms with E-state index in [1.54, 1.807) is 25.3 Å². The second-order valence-corrected chi connectivity index (χ2v) is 2.33. The molecular weight excluding hydrogens is 166 g/mol. The van der Waals surface area contributed by atoms with Crippen molar-refractivity contribution in [2.24, 2.45) is 0 Å². The van der Waals surface area contributed by atoms with Crippen LogP contribution in [0.1, 0.15) is 19.4 Å². The molecular formula is C10H17NO2. The van der Waals surface area contributed by atoms with Crippen LogP contribution in [-0.2, 0) is 11.3 Å². The Bertz CT molecular complexity index is 249. The lowest BCUT2D eigenvalue weighted by molar-refractivity contribution is 0.185. The third-order valence-corrected chi connectivity index (χ3v) is 1.40. The maximum atomic E-state index is 9.05. The number of benzene rings is 1. The van der Waals surface area contributed by atoms with Crippen LogP contribution in [0.2, 0.25) is 0 Å². The molecule has 0 aliphatic heterocycles. The molecule has 74 valence electrons. The van der Waals surface area contributed by atoms with Crippen LogP contribution in [0.15, 0.2) is 18.2 Å². The molecule has 0 radical (unpaired) electrons. The number of nitrogen functional groups attached to an aromatic ring is 1. The highest BCUT2D eigenvalue weighted by Crippen LogP contribution is 2.20. The number of methoxy groups -OCH3 is 1. The minimum atomic E-state index is 0.116. The summed E-state index contributed by atoms with van der Waals surface area (Å²) in [7, 11) is 1.61. The fraction of sp³-hybridized carbons (Fsp3) is 0.400. The number of phenols is 1. The van der Waals surface area contributed by atoms with E-state index >= 15 is 0 Å². The normalized spacial score (nSPS) is 8.85. The zero-order chi connectivity index (χ0) is 10.3. The van der Waals surface area contributed by atoms with Gasteiger partial charge in [-0.05, 0) is 17.7 Å². The maximum absolute atomic E-state index is 9.05. The van der Waals surface area contributed by atoms with E-state index in [1.807, 2.05) is 13.8 Å². The standard InChI is InChI=1S/C8H11NO2.C2H6/c1-11-5-6-2-3-8(10)7(9)4-6;1-2/h2-4,10H,5,9H2,1H3;1-2H3. The van der Waals surface area contributed by atoms with Crippen molar-refractivity contribution in [2.75, 3.05) is 12.8 Å². The average Bonchev–Trinajstić information content (AvgIpc) is 2.15. The van der Waals surface area contributed by atoms with E-state index in [1.165, 1.54) is 0 Å². The Labute approximate surface area is 79.1 Å². The van der Waals surface area contributed by atoms with Gasteiger partial charge in [0.15, 0.2) is 0 Å². The van der Waals surface area contributed by atoms with Gasteiger partial charge in [0.2, 0.25) is 0 Å². The number of hydrogen-bond donors (Lipinski definition) is 2. The van der Waals surface area contributed by atoms with Gasteiger partial charge in [-0.15, -0.1) is 0 Å². The lowest BCUT2D eigenvalue weighted by atomic mass is 10.2. The monoisotopic (exact) mass is 183 g/mol. The number of aromatic hydroxyl groups is 1. The van der Waals surface area contributed by atoms with Gasteiger partial charge in [0.05, 0.1) is 12.3 Å². The SMILES string of the molecule is CC.COCc1ccc(O)c(N)c1. The molecule has 0 heterocycles. The average molecular weight is 183 g/mol. The minimum absolute atomic E-state index is 0.116. The van der Waals surface area contributed by atoms with Gasteiger partial charge >= 0.3 is 0 Å². The van der Waals surface area contributed by atoms with Gasteiger partial charge in [0.25, 0.3) is 0 Å². The topological polar surface area (TPSA) is 55.5 Å². The molecule has 0 saturated carbocycles. The van der Waals surface area contributed by atoms with E-state index in [-0.39, 0.29) is 5.75 Å². The first kappa shape index (κ1) is 11.8. The van der Waals surface area contributed by atoms with E-state index in [2.05, 4.69) is 0 Å². The second-order valence-electron chi connectivity index (χ2n) is 2.33. The first-order chi connectivity index (χ1) is 6.24. The number of ether oxygens (including phenoxy) is 1. The summed E-state index contributed by atoms with van der Waals surface area (Å²) in [4.78, 5) is 0. The Morgan fingerprint density at radius 1 is 1.38 bits per heavy atom. The zero-order valence-corrected chi connectivity index (χ0v) is 8.37. The van der Waals surface area contributed by atoms with Crippen molar-refractivity contribution < 1.29 is 9.84 Å². The molecule has 0 aliphatic rings. The predicted molar refractivity (Wildman–Crippen MR) is 54.6 cm³/mol. The minimum Gasteiger partial charge on any atom is -0.506 e. The molecule has 0 atom stereocenters. The smallest absolute Gasteiger partial charge is 0.138 e. The van der Waals surface area contributed by atoms with E-state index in [4.69, 9.17) is 15.6 Å². The summed E-state index contributed by atoms with van der Waals surface area (Å²) in [6.07, 6.45) is 0. The Hall–Kier alpha value is -1.22. The number of phenolic OH excluding ortho intramolecular Hbond substituents is 1. The van der Waals surface area contributed by atoms with Gasteiger partial charge in [-0.2, -0.15) is 0 Å². The lowest BCUT2D eigenvalue weighted by Gasteiger charge is -2.01. The van der Waals surface area contributed by atoms with Crippen molar-refractivity contribution in [3.63, 3.8) is 0 Å². The molecule has 0 fully saturated rings. The summed E-state index contributed by atoms with van der Waals surface area (Å²) in [5.41, 5.74) is 6.79. The van der Waals surface area contributed by atoms with Crippen molar-refractivity contribution in [2.45, 2.75) is 20.5 Å². The molecule has 1 aromatic carbocycles. The number of nitrogens with two attached hydrogens (primary N) is 1. The molecule has 0 aromatic heterocycles. The van der Waals surface area contributed by atoms with Crippen LogP contribution in [0.5, 0.6) is 5.75 Å². The fourth-order valence-electron chi connectivity index (χ4n) is 0.860. The highest BCUT2D eigenvalue weighted by atomic mass is 16.5. The fourth-order valence-corrected chi connectivity index (χ4v) is 0.860.